The summed E-state index contributed by atoms with van der Waals surface area (Å²) in [5, 5.41) is 9.45. The summed E-state index contributed by atoms with van der Waals surface area (Å²) in [7, 11) is 0. The van der Waals surface area contributed by atoms with Crippen molar-refractivity contribution >= 4 is 17.4 Å². The Balaban J connectivity index is 1.89. The van der Waals surface area contributed by atoms with Crippen LogP contribution >= 0.6 is 11.8 Å². The topological polar surface area (TPSA) is 52.3 Å². The van der Waals surface area contributed by atoms with Crippen LogP contribution < -0.4 is 4.74 Å². The molecule has 0 saturated carbocycles. The second-order valence-corrected chi connectivity index (χ2v) is 6.79. The first kappa shape index (κ1) is 18.0. The zero-order chi connectivity index (χ0) is 16.3. The summed E-state index contributed by atoms with van der Waals surface area (Å²) in [5.41, 5.74) is 0.770. The number of hydrogen-bond donors (Lipinski definition) is 0. The SMILES string of the molecule is CCCCCCOc1nnc(SCCCCCC)n2ccnc12. The van der Waals surface area contributed by atoms with Gasteiger partial charge in [0.25, 0.3) is 5.88 Å². The molecule has 0 aromatic carbocycles. The third-order valence-corrected chi connectivity index (χ3v) is 4.76. The molecule has 0 aliphatic rings. The lowest BCUT2D eigenvalue weighted by molar-refractivity contribution is 0.290. The molecule has 2 aromatic heterocycles. The highest BCUT2D eigenvalue weighted by molar-refractivity contribution is 7.99. The van der Waals surface area contributed by atoms with Crippen molar-refractivity contribution in [3.63, 3.8) is 0 Å². The van der Waals surface area contributed by atoms with E-state index >= 15 is 0 Å². The monoisotopic (exact) mass is 336 g/mol. The van der Waals surface area contributed by atoms with E-state index in [2.05, 4.69) is 29.0 Å². The number of imidazole rings is 1. The summed E-state index contributed by atoms with van der Waals surface area (Å²) in [6.07, 6.45) is 13.5. The second kappa shape index (κ2) is 10.5. The summed E-state index contributed by atoms with van der Waals surface area (Å²) in [6.45, 7) is 5.12. The predicted octanol–water partition coefficient (Wildman–Crippen LogP) is 4.76. The van der Waals surface area contributed by atoms with E-state index in [-0.39, 0.29) is 0 Å². The number of thioether (sulfide) groups is 1. The number of hydrogen-bond acceptors (Lipinski definition) is 5. The minimum absolute atomic E-state index is 0.543. The van der Waals surface area contributed by atoms with Gasteiger partial charge in [-0.2, -0.15) is 0 Å². The first-order chi connectivity index (χ1) is 11.4. The molecule has 2 rings (SSSR count). The van der Waals surface area contributed by atoms with Gasteiger partial charge in [-0.15, -0.1) is 10.2 Å². The van der Waals surface area contributed by atoms with Crippen LogP contribution in [0.25, 0.3) is 5.65 Å². The van der Waals surface area contributed by atoms with Crippen molar-refractivity contribution in [2.45, 2.75) is 70.4 Å². The molecule has 0 aliphatic carbocycles. The maximum atomic E-state index is 5.77. The Kier molecular flexibility index (Phi) is 8.21. The number of rotatable bonds is 12. The van der Waals surface area contributed by atoms with Crippen molar-refractivity contribution in [3.8, 4) is 5.88 Å². The van der Waals surface area contributed by atoms with Crippen LogP contribution in [0.4, 0.5) is 0 Å². The molecule has 0 fully saturated rings. The fraction of sp³-hybridized carbons (Fsp3) is 0.706. The Morgan fingerprint density at radius 1 is 1.00 bits per heavy atom. The predicted molar refractivity (Wildman–Crippen MR) is 95.3 cm³/mol. The average Bonchev–Trinajstić information content (AvgIpc) is 3.06. The van der Waals surface area contributed by atoms with Gasteiger partial charge in [0.1, 0.15) is 0 Å². The lowest BCUT2D eigenvalue weighted by atomic mass is 10.2. The van der Waals surface area contributed by atoms with Crippen LogP contribution in [0.5, 0.6) is 5.88 Å². The first-order valence-corrected chi connectivity index (χ1v) is 9.80. The zero-order valence-corrected chi connectivity index (χ0v) is 15.1. The Hall–Kier alpha value is -1.30. The van der Waals surface area contributed by atoms with Crippen molar-refractivity contribution in [1.82, 2.24) is 19.6 Å². The average molecular weight is 337 g/mol. The molecule has 0 saturated heterocycles. The molecule has 5 nitrogen and oxygen atoms in total. The van der Waals surface area contributed by atoms with Crippen LogP contribution in [-0.2, 0) is 0 Å². The van der Waals surface area contributed by atoms with Gasteiger partial charge in [-0.05, 0) is 12.8 Å². The van der Waals surface area contributed by atoms with Gasteiger partial charge in [0.15, 0.2) is 5.16 Å². The zero-order valence-electron chi connectivity index (χ0n) is 14.3. The molecule has 0 bridgehead atoms. The minimum Gasteiger partial charge on any atom is -0.474 e. The molecule has 2 heterocycles. The molecule has 23 heavy (non-hydrogen) atoms. The molecule has 2 aromatic rings. The van der Waals surface area contributed by atoms with E-state index in [0.717, 1.165) is 23.0 Å². The molecular formula is C17H28N4OS. The van der Waals surface area contributed by atoms with E-state index in [1.807, 2.05) is 10.6 Å². The molecule has 0 atom stereocenters. The quantitative estimate of drug-likeness (QED) is 0.413. The number of unbranched alkanes of at least 4 members (excludes halogenated alkanes) is 6. The van der Waals surface area contributed by atoms with E-state index in [1.165, 1.54) is 44.9 Å². The van der Waals surface area contributed by atoms with Gasteiger partial charge in [0.2, 0.25) is 5.65 Å². The van der Waals surface area contributed by atoms with Crippen molar-refractivity contribution in [3.05, 3.63) is 12.4 Å². The molecule has 128 valence electrons. The summed E-state index contributed by atoms with van der Waals surface area (Å²) in [6, 6.07) is 0. The minimum atomic E-state index is 0.543. The third-order valence-electron chi connectivity index (χ3n) is 3.73. The molecule has 0 spiro atoms. The fourth-order valence-corrected chi connectivity index (χ4v) is 3.29. The van der Waals surface area contributed by atoms with Crippen molar-refractivity contribution in [1.29, 1.82) is 0 Å². The van der Waals surface area contributed by atoms with E-state index in [4.69, 9.17) is 4.74 Å². The van der Waals surface area contributed by atoms with Crippen LogP contribution in [0.15, 0.2) is 17.6 Å². The molecular weight excluding hydrogens is 308 g/mol. The van der Waals surface area contributed by atoms with Crippen LogP contribution in [0.3, 0.4) is 0 Å². The standard InChI is InChI=1S/C17H28N4OS/c1-3-5-7-9-13-22-16-15-18-11-12-21(15)17(20-19-16)23-14-10-8-6-4-2/h11-12H,3-10,13-14H2,1-2H3. The number of nitrogens with zero attached hydrogens (tertiary/aromatic N) is 4. The fourth-order valence-electron chi connectivity index (χ4n) is 2.38. The Morgan fingerprint density at radius 3 is 2.57 bits per heavy atom. The van der Waals surface area contributed by atoms with Gasteiger partial charge < -0.3 is 4.74 Å². The highest BCUT2D eigenvalue weighted by atomic mass is 32.2. The van der Waals surface area contributed by atoms with Gasteiger partial charge in [0.05, 0.1) is 6.61 Å². The van der Waals surface area contributed by atoms with Crippen LogP contribution in [0.1, 0.15) is 65.2 Å². The maximum absolute atomic E-state index is 5.77. The van der Waals surface area contributed by atoms with E-state index < -0.39 is 0 Å². The van der Waals surface area contributed by atoms with Crippen molar-refractivity contribution < 1.29 is 4.74 Å². The van der Waals surface area contributed by atoms with E-state index in [1.54, 1.807) is 18.0 Å². The highest BCUT2D eigenvalue weighted by Crippen LogP contribution is 2.22. The van der Waals surface area contributed by atoms with Gasteiger partial charge >= 0.3 is 0 Å². The number of aromatic nitrogens is 4. The summed E-state index contributed by atoms with van der Waals surface area (Å²) in [4.78, 5) is 4.37. The van der Waals surface area contributed by atoms with E-state index in [9.17, 15) is 0 Å². The first-order valence-electron chi connectivity index (χ1n) is 8.82. The summed E-state index contributed by atoms with van der Waals surface area (Å²) >= 11 is 1.74. The van der Waals surface area contributed by atoms with E-state index in [0.29, 0.717) is 12.5 Å². The van der Waals surface area contributed by atoms with Crippen molar-refractivity contribution in [2.75, 3.05) is 12.4 Å². The van der Waals surface area contributed by atoms with Crippen LogP contribution in [0, 0.1) is 0 Å². The molecule has 0 aliphatic heterocycles. The van der Waals surface area contributed by atoms with Gasteiger partial charge in [-0.25, -0.2) is 4.98 Å². The lowest BCUT2D eigenvalue weighted by Crippen LogP contribution is -2.05. The van der Waals surface area contributed by atoms with Crippen molar-refractivity contribution in [2.24, 2.45) is 0 Å². The van der Waals surface area contributed by atoms with Crippen LogP contribution in [-0.4, -0.2) is 31.9 Å². The Labute approximate surface area is 143 Å². The molecule has 0 N–H and O–H groups in total. The lowest BCUT2D eigenvalue weighted by Gasteiger charge is -2.08. The van der Waals surface area contributed by atoms with Crippen LogP contribution in [0.2, 0.25) is 0 Å². The Morgan fingerprint density at radius 2 is 1.78 bits per heavy atom. The van der Waals surface area contributed by atoms with Gasteiger partial charge in [-0.3, -0.25) is 4.40 Å². The molecule has 0 radical (unpaired) electrons. The summed E-state index contributed by atoms with van der Waals surface area (Å²) in [5.74, 6) is 1.61. The normalized spacial score (nSPS) is 11.2. The second-order valence-electron chi connectivity index (χ2n) is 5.73. The number of fused-ring (bicyclic) bond motifs is 1. The Bertz CT molecular complexity index is 525. The highest BCUT2D eigenvalue weighted by Gasteiger charge is 2.11. The number of ether oxygens (including phenoxy) is 1. The smallest absolute Gasteiger partial charge is 0.277 e. The van der Waals surface area contributed by atoms with Gasteiger partial charge in [0, 0.05) is 18.1 Å². The van der Waals surface area contributed by atoms with Gasteiger partial charge in [-0.1, -0.05) is 64.1 Å². The molecule has 6 heteroatoms. The summed E-state index contributed by atoms with van der Waals surface area (Å²) < 4.78 is 7.76. The molecule has 0 amide bonds. The molecule has 0 unspecified atom stereocenters. The maximum Gasteiger partial charge on any atom is 0.277 e. The largest absolute Gasteiger partial charge is 0.474 e. The third kappa shape index (κ3) is 5.68.